The van der Waals surface area contributed by atoms with Gasteiger partial charge in [0, 0.05) is 61.1 Å². The standard InChI is InChI=1S/C40H43F3N6O5S/c1-39(2,3)54-38(51)47-20-10-13-30(23-47)45-48-25-34(40(41,42)43)36(44-26-48)33-24-49(55(52,53)31-14-5-4-6-15-31)35-22-28(16-17-32(33)35)27-11-9-12-29(21-27)37(50)46-18-7-8-19-46/h4-6,9,11-12,14-17,21-22,24-25,30,45H,7-8,10,13,18-20,23,26H2,1-3H3/t30-/m0/s1. The lowest BCUT2D eigenvalue weighted by atomic mass is 9.98. The second-order valence-electron chi connectivity index (χ2n) is 15.0. The third-order valence-corrected chi connectivity index (χ3v) is 11.5. The van der Waals surface area contributed by atoms with Crippen LogP contribution >= 0.6 is 0 Å². The van der Waals surface area contributed by atoms with E-state index in [9.17, 15) is 31.2 Å². The number of carbonyl (C=O) groups excluding carboxylic acids is 2. The summed E-state index contributed by atoms with van der Waals surface area (Å²) in [6.45, 7) is 7.17. The van der Waals surface area contributed by atoms with E-state index in [1.807, 2.05) is 0 Å². The summed E-state index contributed by atoms with van der Waals surface area (Å²) in [5, 5.41) is 1.51. The maximum atomic E-state index is 14.9. The number of halogens is 3. The number of hydrogen-bond acceptors (Lipinski definition) is 8. The van der Waals surface area contributed by atoms with Gasteiger partial charge in [-0.1, -0.05) is 42.5 Å². The fraction of sp³-hybridized carbons (Fsp3) is 0.375. The molecule has 0 radical (unpaired) electrons. The molecule has 55 heavy (non-hydrogen) atoms. The molecule has 1 aromatic heterocycles. The van der Waals surface area contributed by atoms with Gasteiger partial charge in [0.05, 0.1) is 21.7 Å². The highest BCUT2D eigenvalue weighted by Crippen LogP contribution is 2.37. The molecule has 1 N–H and O–H groups in total. The van der Waals surface area contributed by atoms with Crippen molar-refractivity contribution in [2.45, 2.75) is 69.2 Å². The zero-order chi connectivity index (χ0) is 39.1. The van der Waals surface area contributed by atoms with E-state index < -0.39 is 39.2 Å². The number of hydrogen-bond donors (Lipinski definition) is 1. The summed E-state index contributed by atoms with van der Waals surface area (Å²) in [6, 6.07) is 19.3. The van der Waals surface area contributed by atoms with Crippen molar-refractivity contribution in [2.24, 2.45) is 4.99 Å². The van der Waals surface area contributed by atoms with Gasteiger partial charge in [0.2, 0.25) is 0 Å². The Hall–Kier alpha value is -5.15. The molecule has 4 heterocycles. The molecular weight excluding hydrogens is 734 g/mol. The van der Waals surface area contributed by atoms with Crippen LogP contribution in [-0.2, 0) is 14.8 Å². The predicted molar refractivity (Wildman–Crippen MR) is 203 cm³/mol. The Labute approximate surface area is 318 Å². The van der Waals surface area contributed by atoms with Crippen LogP contribution in [0, 0.1) is 0 Å². The van der Waals surface area contributed by atoms with Crippen molar-refractivity contribution in [3.05, 3.63) is 102 Å². The van der Waals surface area contributed by atoms with Gasteiger partial charge in [-0.2, -0.15) is 13.2 Å². The average Bonchev–Trinajstić information content (AvgIpc) is 3.83. The quantitative estimate of drug-likeness (QED) is 0.211. The van der Waals surface area contributed by atoms with Crippen LogP contribution in [0.25, 0.3) is 22.0 Å². The van der Waals surface area contributed by atoms with Gasteiger partial charge in [-0.25, -0.2) is 22.6 Å². The number of ether oxygens (including phenoxy) is 1. The maximum Gasteiger partial charge on any atom is 0.419 e. The average molecular weight is 777 g/mol. The second kappa shape index (κ2) is 14.8. The maximum absolute atomic E-state index is 14.9. The molecule has 0 unspecified atom stereocenters. The first-order valence-corrected chi connectivity index (χ1v) is 19.7. The van der Waals surface area contributed by atoms with E-state index in [4.69, 9.17) is 4.74 Å². The molecule has 2 saturated heterocycles. The van der Waals surface area contributed by atoms with Gasteiger partial charge in [-0.3, -0.25) is 14.8 Å². The fourth-order valence-electron chi connectivity index (χ4n) is 7.22. The van der Waals surface area contributed by atoms with Crippen LogP contribution in [0.1, 0.15) is 62.4 Å². The smallest absolute Gasteiger partial charge is 0.419 e. The highest BCUT2D eigenvalue weighted by Gasteiger charge is 2.41. The van der Waals surface area contributed by atoms with Gasteiger partial charge in [-0.05, 0) is 87.9 Å². The molecule has 1 atom stereocenters. The number of rotatable bonds is 7. The van der Waals surface area contributed by atoms with Crippen molar-refractivity contribution in [2.75, 3.05) is 32.8 Å². The summed E-state index contributed by atoms with van der Waals surface area (Å²) in [7, 11) is -4.29. The summed E-state index contributed by atoms with van der Waals surface area (Å²) in [5.74, 6) is -0.0908. The van der Waals surface area contributed by atoms with E-state index in [-0.39, 0.29) is 46.5 Å². The third kappa shape index (κ3) is 8.13. The summed E-state index contributed by atoms with van der Waals surface area (Å²) in [4.78, 5) is 33.6. The number of hydrazine groups is 1. The molecule has 7 rings (SSSR count). The van der Waals surface area contributed by atoms with Gasteiger partial charge in [0.25, 0.3) is 15.9 Å². The van der Waals surface area contributed by atoms with Crippen molar-refractivity contribution < 1.29 is 35.9 Å². The molecule has 2 fully saturated rings. The Morgan fingerprint density at radius 2 is 1.58 bits per heavy atom. The van der Waals surface area contributed by atoms with E-state index in [2.05, 4.69) is 10.4 Å². The van der Waals surface area contributed by atoms with Crippen LogP contribution < -0.4 is 5.43 Å². The zero-order valence-electron chi connectivity index (χ0n) is 30.8. The molecule has 290 valence electrons. The molecule has 0 spiro atoms. The molecule has 0 saturated carbocycles. The van der Waals surface area contributed by atoms with E-state index in [0.717, 1.165) is 23.0 Å². The van der Waals surface area contributed by atoms with Gasteiger partial charge in [-0.15, -0.1) is 0 Å². The number of fused-ring (bicyclic) bond motifs is 1. The minimum atomic E-state index is -4.86. The molecule has 0 aliphatic carbocycles. The van der Waals surface area contributed by atoms with Crippen molar-refractivity contribution in [1.29, 1.82) is 0 Å². The Morgan fingerprint density at radius 1 is 0.873 bits per heavy atom. The molecule has 15 heteroatoms. The summed E-state index contributed by atoms with van der Waals surface area (Å²) >= 11 is 0. The van der Waals surface area contributed by atoms with E-state index >= 15 is 0 Å². The number of alkyl halides is 3. The van der Waals surface area contributed by atoms with Crippen molar-refractivity contribution in [1.82, 2.24) is 24.2 Å². The molecule has 2 amide bonds. The van der Waals surface area contributed by atoms with Gasteiger partial charge in [0.1, 0.15) is 12.3 Å². The molecular formula is C40H43F3N6O5S. The molecule has 11 nitrogen and oxygen atoms in total. The van der Waals surface area contributed by atoms with Crippen molar-refractivity contribution >= 4 is 38.6 Å². The molecule has 3 aromatic carbocycles. The summed E-state index contributed by atoms with van der Waals surface area (Å²) < 4.78 is 79.6. The van der Waals surface area contributed by atoms with E-state index in [1.165, 1.54) is 28.2 Å². The van der Waals surface area contributed by atoms with Crippen LogP contribution in [-0.4, -0.2) is 95.6 Å². The number of likely N-dealkylation sites (tertiary alicyclic amines) is 2. The van der Waals surface area contributed by atoms with Crippen molar-refractivity contribution in [3.63, 3.8) is 0 Å². The van der Waals surface area contributed by atoms with Crippen LogP contribution in [0.3, 0.4) is 0 Å². The molecule has 3 aliphatic rings. The van der Waals surface area contributed by atoms with E-state index in [1.54, 1.807) is 86.3 Å². The first-order valence-electron chi connectivity index (χ1n) is 18.3. The monoisotopic (exact) mass is 776 g/mol. The van der Waals surface area contributed by atoms with Crippen LogP contribution in [0.5, 0.6) is 0 Å². The van der Waals surface area contributed by atoms with Gasteiger partial charge < -0.3 is 14.5 Å². The van der Waals surface area contributed by atoms with Crippen LogP contribution in [0.15, 0.2) is 101 Å². The lowest BCUT2D eigenvalue weighted by Gasteiger charge is -2.37. The number of benzene rings is 3. The lowest BCUT2D eigenvalue weighted by Crippen LogP contribution is -2.53. The summed E-state index contributed by atoms with van der Waals surface area (Å²) in [6.07, 6.45) is -0.0713. The predicted octanol–water partition coefficient (Wildman–Crippen LogP) is 7.19. The third-order valence-electron chi connectivity index (χ3n) is 9.81. The number of aromatic nitrogens is 1. The molecule has 3 aliphatic heterocycles. The minimum absolute atomic E-state index is 0.00369. The number of amides is 2. The Bertz CT molecular complexity index is 2280. The van der Waals surface area contributed by atoms with Crippen LogP contribution in [0.4, 0.5) is 18.0 Å². The lowest BCUT2D eigenvalue weighted by molar-refractivity contribution is -0.0879. The number of allylic oxidation sites excluding steroid dienone is 1. The van der Waals surface area contributed by atoms with Gasteiger partial charge in [0.15, 0.2) is 0 Å². The Balaban J connectivity index is 1.25. The SMILES string of the molecule is CC(C)(C)OC(=O)N1CCC[C@H](NN2C=C(C(F)(F)F)C(c3cn(S(=O)(=O)c4ccccc4)c4cc(-c5cccc(C(=O)N6CCCC6)c5)ccc34)=NC2)C1. The first kappa shape index (κ1) is 38.1. The normalized spacial score (nSPS) is 18.4. The van der Waals surface area contributed by atoms with Crippen molar-refractivity contribution in [3.8, 4) is 11.1 Å². The number of aliphatic imine (C=N–C) groups is 1. The topological polar surface area (TPSA) is 117 Å². The first-order chi connectivity index (χ1) is 26.1. The fourth-order valence-corrected chi connectivity index (χ4v) is 8.60. The Morgan fingerprint density at radius 3 is 2.29 bits per heavy atom. The molecule has 0 bridgehead atoms. The van der Waals surface area contributed by atoms with Crippen LogP contribution in [0.2, 0.25) is 0 Å². The largest absolute Gasteiger partial charge is 0.444 e. The summed E-state index contributed by atoms with van der Waals surface area (Å²) in [5.41, 5.74) is 2.83. The van der Waals surface area contributed by atoms with Gasteiger partial charge >= 0.3 is 12.3 Å². The molecule has 4 aromatic rings. The Kier molecular flexibility index (Phi) is 10.3. The number of piperidine rings is 1. The zero-order valence-corrected chi connectivity index (χ0v) is 31.7. The number of nitrogens with zero attached hydrogens (tertiary/aromatic N) is 5. The number of carbonyl (C=O) groups is 2. The highest BCUT2D eigenvalue weighted by molar-refractivity contribution is 7.90. The second-order valence-corrected chi connectivity index (χ2v) is 16.8. The van der Waals surface area contributed by atoms with E-state index in [0.29, 0.717) is 49.2 Å². The highest BCUT2D eigenvalue weighted by atomic mass is 32.2. The number of nitrogens with one attached hydrogen (secondary N) is 1. The minimum Gasteiger partial charge on any atom is -0.444 e.